The van der Waals surface area contributed by atoms with Crippen LogP contribution in [0, 0.1) is 6.92 Å². The number of anilines is 1. The lowest BCUT2D eigenvalue weighted by molar-refractivity contribution is -0.689. The summed E-state index contributed by atoms with van der Waals surface area (Å²) >= 11 is 8.17. The van der Waals surface area contributed by atoms with E-state index in [1.54, 1.807) is 11.3 Å². The average molecular weight is 650 g/mol. The molecule has 3 rings (SSSR count). The van der Waals surface area contributed by atoms with E-state index in [2.05, 4.69) is 46.8 Å². The van der Waals surface area contributed by atoms with Gasteiger partial charge in [0.1, 0.15) is 5.75 Å². The number of halogens is 2. The summed E-state index contributed by atoms with van der Waals surface area (Å²) in [5.74, 6) is 0.680. The summed E-state index contributed by atoms with van der Waals surface area (Å²) in [6.45, 7) is 5.91. The predicted octanol–water partition coefficient (Wildman–Crippen LogP) is 6.31. The smallest absolute Gasteiger partial charge is 0.228 e. The van der Waals surface area contributed by atoms with Gasteiger partial charge in [0, 0.05) is 23.2 Å². The Bertz CT molecular complexity index is 1120. The zero-order valence-electron chi connectivity index (χ0n) is 24.2. The van der Waals surface area contributed by atoms with Gasteiger partial charge in [0.25, 0.3) is 0 Å². The Morgan fingerprint density at radius 3 is 2.10 bits per heavy atom. The van der Waals surface area contributed by atoms with Crippen molar-refractivity contribution in [3.05, 3.63) is 75.2 Å². The van der Waals surface area contributed by atoms with Crippen LogP contribution in [0.4, 0.5) is 5.69 Å². The summed E-state index contributed by atoms with van der Waals surface area (Å²) in [6, 6.07) is 13.6. The van der Waals surface area contributed by atoms with Gasteiger partial charge in [0.2, 0.25) is 11.4 Å². The van der Waals surface area contributed by atoms with E-state index in [-0.39, 0.29) is 29.3 Å². The van der Waals surface area contributed by atoms with Crippen molar-refractivity contribution in [2.75, 3.05) is 11.9 Å². The van der Waals surface area contributed by atoms with Crippen LogP contribution in [0.2, 0.25) is 5.02 Å². The third-order valence-electron chi connectivity index (χ3n) is 7.11. The molecule has 1 aromatic heterocycles. The van der Waals surface area contributed by atoms with Gasteiger partial charge in [-0.2, -0.15) is 4.57 Å². The maximum atomic E-state index is 12.6. The summed E-state index contributed by atoms with van der Waals surface area (Å²) in [7, 11) is 0. The van der Waals surface area contributed by atoms with Gasteiger partial charge in [-0.3, -0.25) is 4.79 Å². The van der Waals surface area contributed by atoms with Crippen molar-refractivity contribution < 1.29 is 31.1 Å². The number of rotatable bonds is 19. The fourth-order valence-electron chi connectivity index (χ4n) is 4.68. The minimum atomic E-state index is -0.0853. The molecule has 1 heterocycles. The molecule has 0 bridgehead atoms. The number of aryl methyl sites for hydroxylation is 1. The van der Waals surface area contributed by atoms with Crippen molar-refractivity contribution >= 4 is 34.5 Å². The zero-order chi connectivity index (χ0) is 27.7. The number of thiazole rings is 1. The zero-order valence-corrected chi connectivity index (χ0v) is 27.4. The van der Waals surface area contributed by atoms with E-state index in [1.807, 2.05) is 30.3 Å². The molecule has 40 heavy (non-hydrogen) atoms. The Morgan fingerprint density at radius 1 is 0.900 bits per heavy atom. The highest BCUT2D eigenvalue weighted by atomic mass is 79.9. The predicted molar refractivity (Wildman–Crippen MR) is 165 cm³/mol. The molecule has 0 unspecified atom stereocenters. The van der Waals surface area contributed by atoms with Gasteiger partial charge >= 0.3 is 0 Å². The lowest BCUT2D eigenvalue weighted by Gasteiger charge is -2.10. The molecule has 0 saturated heterocycles. The first-order chi connectivity index (χ1) is 19.0. The van der Waals surface area contributed by atoms with Crippen molar-refractivity contribution in [2.24, 2.45) is 0 Å². The van der Waals surface area contributed by atoms with Gasteiger partial charge in [-0.05, 0) is 36.2 Å². The Morgan fingerprint density at radius 2 is 1.52 bits per heavy atom. The monoisotopic (exact) mass is 648 g/mol. The van der Waals surface area contributed by atoms with Crippen molar-refractivity contribution in [1.82, 2.24) is 0 Å². The molecule has 0 spiro atoms. The summed E-state index contributed by atoms with van der Waals surface area (Å²) in [5.41, 5.74) is 6.14. The normalized spacial score (nSPS) is 10.8. The topological polar surface area (TPSA) is 42.2 Å². The van der Waals surface area contributed by atoms with Crippen LogP contribution in [0.25, 0.3) is 0 Å². The highest BCUT2D eigenvalue weighted by molar-refractivity contribution is 7.07. The lowest BCUT2D eigenvalue weighted by Crippen LogP contribution is -3.00. The Kier molecular flexibility index (Phi) is 17.2. The molecule has 7 heteroatoms. The van der Waals surface area contributed by atoms with E-state index < -0.39 is 0 Å². The van der Waals surface area contributed by atoms with Gasteiger partial charge in [0.05, 0.1) is 18.4 Å². The van der Waals surface area contributed by atoms with E-state index in [0.717, 1.165) is 30.0 Å². The van der Waals surface area contributed by atoms with Gasteiger partial charge in [-0.1, -0.05) is 119 Å². The molecule has 0 radical (unpaired) electrons. The van der Waals surface area contributed by atoms with Gasteiger partial charge in [0.15, 0.2) is 12.2 Å². The quantitative estimate of drug-likeness (QED) is 0.122. The van der Waals surface area contributed by atoms with Crippen LogP contribution >= 0.6 is 22.9 Å². The number of hydrogen-bond donors (Lipinski definition) is 1. The SMILES string of the molecule is CCCCCCCCCCCCCCOc1ccc(CC(=O)Nc2ccc(C[n+]3cscc3C)cc2)c(Cl)c1.[Br-]. The number of unbranched alkanes of at least 4 members (excludes halogenated alkanes) is 11. The van der Waals surface area contributed by atoms with Crippen LogP contribution in [-0.2, 0) is 17.8 Å². The van der Waals surface area contributed by atoms with Crippen LogP contribution < -0.4 is 31.6 Å². The molecule has 220 valence electrons. The number of carbonyl (C=O) groups excluding carboxylic acids is 1. The Labute approximate surface area is 261 Å². The van der Waals surface area contributed by atoms with Crippen LogP contribution in [0.1, 0.15) is 101 Å². The molecule has 0 fully saturated rings. The molecule has 1 amide bonds. The number of ether oxygens (including phenoxy) is 1. The minimum Gasteiger partial charge on any atom is -1.00 e. The molecule has 0 aliphatic rings. The van der Waals surface area contributed by atoms with E-state index in [4.69, 9.17) is 16.3 Å². The van der Waals surface area contributed by atoms with Crippen LogP contribution in [0.15, 0.2) is 53.4 Å². The second kappa shape index (κ2) is 20.1. The first-order valence-corrected chi connectivity index (χ1v) is 16.1. The van der Waals surface area contributed by atoms with Crippen LogP contribution in [0.3, 0.4) is 0 Å². The average Bonchev–Trinajstić information content (AvgIpc) is 3.33. The summed E-state index contributed by atoms with van der Waals surface area (Å²) in [4.78, 5) is 12.6. The third-order valence-corrected chi connectivity index (χ3v) is 8.32. The minimum absolute atomic E-state index is 0. The molecular weight excluding hydrogens is 604 g/mol. The van der Waals surface area contributed by atoms with E-state index >= 15 is 0 Å². The van der Waals surface area contributed by atoms with Gasteiger partial charge < -0.3 is 27.0 Å². The van der Waals surface area contributed by atoms with Crippen molar-refractivity contribution in [2.45, 2.75) is 104 Å². The first kappa shape index (κ1) is 34.3. The first-order valence-electron chi connectivity index (χ1n) is 14.8. The number of nitrogens with zero attached hydrogens (tertiary/aromatic N) is 1. The number of amides is 1. The van der Waals surface area contributed by atoms with Crippen LogP contribution in [-0.4, -0.2) is 12.5 Å². The van der Waals surface area contributed by atoms with Gasteiger partial charge in [-0.15, -0.1) is 0 Å². The van der Waals surface area contributed by atoms with E-state index in [0.29, 0.717) is 11.6 Å². The standard InChI is InChI=1S/C33H45ClN2O2S.BrH/c1-3-4-5-6-7-8-9-10-11-12-13-14-21-38-31-20-17-29(32(34)23-31)22-33(37)35-30-18-15-28(16-19-30)24-36-26-39-25-27(36)2;/h15-20,23,25-26H,3-14,21-22,24H2,1-2H3;1H. The van der Waals surface area contributed by atoms with Gasteiger partial charge in [-0.25, -0.2) is 0 Å². The fraction of sp³-hybridized carbons (Fsp3) is 0.515. The fourth-order valence-corrected chi connectivity index (χ4v) is 5.70. The Hall–Kier alpha value is -1.89. The van der Waals surface area contributed by atoms with E-state index in [9.17, 15) is 4.79 Å². The maximum Gasteiger partial charge on any atom is 0.228 e. The van der Waals surface area contributed by atoms with E-state index in [1.165, 1.54) is 81.9 Å². The molecular formula is C33H46BrClN2O2S. The van der Waals surface area contributed by atoms with Crippen molar-refractivity contribution in [3.8, 4) is 5.75 Å². The number of aromatic nitrogens is 1. The largest absolute Gasteiger partial charge is 1.00 e. The molecule has 0 atom stereocenters. The molecule has 0 saturated carbocycles. The Balaban J connectivity index is 0.00000560. The van der Waals surface area contributed by atoms with Crippen molar-refractivity contribution in [3.63, 3.8) is 0 Å². The molecule has 0 aliphatic carbocycles. The number of nitrogens with one attached hydrogen (secondary N) is 1. The highest BCUT2D eigenvalue weighted by Gasteiger charge is 2.11. The molecule has 0 aliphatic heterocycles. The van der Waals surface area contributed by atoms with Crippen molar-refractivity contribution in [1.29, 1.82) is 0 Å². The maximum absolute atomic E-state index is 12.6. The highest BCUT2D eigenvalue weighted by Crippen LogP contribution is 2.24. The molecule has 2 aromatic carbocycles. The number of hydrogen-bond acceptors (Lipinski definition) is 3. The van der Waals surface area contributed by atoms with Crippen LogP contribution in [0.5, 0.6) is 5.75 Å². The molecule has 3 aromatic rings. The molecule has 4 nitrogen and oxygen atoms in total. The third kappa shape index (κ3) is 13.2. The lowest BCUT2D eigenvalue weighted by atomic mass is 10.1. The molecule has 1 N–H and O–H groups in total. The summed E-state index contributed by atoms with van der Waals surface area (Å²) in [6.07, 6.45) is 16.2. The second-order valence-electron chi connectivity index (χ2n) is 10.5. The number of benzene rings is 2. The second-order valence-corrected chi connectivity index (χ2v) is 11.7. The summed E-state index contributed by atoms with van der Waals surface area (Å²) < 4.78 is 8.12. The number of carbonyl (C=O) groups is 1. The summed E-state index contributed by atoms with van der Waals surface area (Å²) in [5, 5.41) is 5.68.